The Morgan fingerprint density at radius 2 is 2.06 bits per heavy atom. The third-order valence-corrected chi connectivity index (χ3v) is 3.02. The summed E-state index contributed by atoms with van der Waals surface area (Å²) < 4.78 is 13.1. The Hall–Kier alpha value is -1.42. The molecule has 1 N–H and O–H groups in total. The van der Waals surface area contributed by atoms with E-state index in [-0.39, 0.29) is 24.3 Å². The number of rotatable bonds is 6. The van der Waals surface area contributed by atoms with E-state index in [9.17, 15) is 9.18 Å². The lowest BCUT2D eigenvalue weighted by atomic mass is 10.1. The van der Waals surface area contributed by atoms with Gasteiger partial charge in [0.05, 0.1) is 6.54 Å². The number of amides is 1. The molecule has 0 heterocycles. The van der Waals surface area contributed by atoms with Crippen molar-refractivity contribution in [2.45, 2.75) is 26.8 Å². The highest BCUT2D eigenvalue weighted by molar-refractivity contribution is 5.78. The van der Waals surface area contributed by atoms with Crippen LogP contribution in [0.4, 0.5) is 4.39 Å². The average molecular weight is 252 g/mol. The summed E-state index contributed by atoms with van der Waals surface area (Å²) in [5, 5.41) is 3.12. The molecular formula is C14H21FN2O. The summed E-state index contributed by atoms with van der Waals surface area (Å²) in [5.41, 5.74) is 0.849. The van der Waals surface area contributed by atoms with E-state index in [1.807, 2.05) is 26.8 Å². The van der Waals surface area contributed by atoms with Crippen LogP contribution in [0.5, 0.6) is 0 Å². The zero-order valence-electron chi connectivity index (χ0n) is 11.2. The highest BCUT2D eigenvalue weighted by Crippen LogP contribution is 2.12. The molecule has 1 aromatic carbocycles. The molecule has 1 unspecified atom stereocenters. The molecule has 1 aromatic rings. The zero-order valence-corrected chi connectivity index (χ0v) is 11.2. The molecule has 18 heavy (non-hydrogen) atoms. The lowest BCUT2D eigenvalue weighted by Crippen LogP contribution is -2.38. The summed E-state index contributed by atoms with van der Waals surface area (Å²) in [5.74, 6) is -0.181. The molecule has 1 amide bonds. The maximum absolute atomic E-state index is 13.1. The maximum Gasteiger partial charge on any atom is 0.236 e. The van der Waals surface area contributed by atoms with Gasteiger partial charge in [0.2, 0.25) is 5.91 Å². The molecule has 0 saturated carbocycles. The monoisotopic (exact) mass is 252 g/mol. The van der Waals surface area contributed by atoms with Gasteiger partial charge in [-0.25, -0.2) is 4.39 Å². The average Bonchev–Trinajstić information content (AvgIpc) is 2.37. The minimum absolute atomic E-state index is 0.0415. The standard InChI is InChI=1S/C14H21FN2O/c1-4-17(5-2)14(18)10-16-11(3)12-7-6-8-13(15)9-12/h6-9,11,16H,4-5,10H2,1-3H3. The number of benzene rings is 1. The van der Waals surface area contributed by atoms with Crippen molar-refractivity contribution >= 4 is 5.91 Å². The van der Waals surface area contributed by atoms with Crippen LogP contribution in [-0.4, -0.2) is 30.4 Å². The van der Waals surface area contributed by atoms with E-state index in [0.29, 0.717) is 13.1 Å². The Kier molecular flexibility index (Phi) is 5.78. The van der Waals surface area contributed by atoms with Crippen LogP contribution in [0.2, 0.25) is 0 Å². The first-order valence-corrected chi connectivity index (χ1v) is 6.35. The molecule has 0 saturated heterocycles. The summed E-state index contributed by atoms with van der Waals surface area (Å²) in [6.45, 7) is 7.54. The normalized spacial score (nSPS) is 12.2. The summed E-state index contributed by atoms with van der Waals surface area (Å²) in [6.07, 6.45) is 0. The Balaban J connectivity index is 2.51. The number of halogens is 1. The van der Waals surface area contributed by atoms with Gasteiger partial charge in [0.15, 0.2) is 0 Å². The first kappa shape index (κ1) is 14.6. The smallest absolute Gasteiger partial charge is 0.236 e. The van der Waals surface area contributed by atoms with Crippen LogP contribution in [0.3, 0.4) is 0 Å². The van der Waals surface area contributed by atoms with E-state index in [1.54, 1.807) is 11.0 Å². The van der Waals surface area contributed by atoms with Gasteiger partial charge in [-0.05, 0) is 38.5 Å². The molecule has 0 radical (unpaired) electrons. The molecule has 0 aliphatic carbocycles. The van der Waals surface area contributed by atoms with E-state index in [1.165, 1.54) is 12.1 Å². The van der Waals surface area contributed by atoms with Crippen molar-refractivity contribution in [3.05, 3.63) is 35.6 Å². The molecule has 0 bridgehead atoms. The molecule has 1 atom stereocenters. The predicted molar refractivity (Wildman–Crippen MR) is 70.7 cm³/mol. The van der Waals surface area contributed by atoms with Crippen molar-refractivity contribution in [1.82, 2.24) is 10.2 Å². The van der Waals surface area contributed by atoms with Crippen LogP contribution in [0.1, 0.15) is 32.4 Å². The van der Waals surface area contributed by atoms with Crippen molar-refractivity contribution in [3.8, 4) is 0 Å². The molecule has 4 heteroatoms. The lowest BCUT2D eigenvalue weighted by molar-refractivity contribution is -0.129. The van der Waals surface area contributed by atoms with Crippen molar-refractivity contribution in [2.75, 3.05) is 19.6 Å². The SMILES string of the molecule is CCN(CC)C(=O)CNC(C)c1cccc(F)c1. The van der Waals surface area contributed by atoms with Gasteiger partial charge in [-0.2, -0.15) is 0 Å². The summed E-state index contributed by atoms with van der Waals surface area (Å²) in [6, 6.07) is 6.38. The second kappa shape index (κ2) is 7.11. The molecule has 0 aromatic heterocycles. The fourth-order valence-corrected chi connectivity index (χ4v) is 1.82. The fourth-order valence-electron chi connectivity index (χ4n) is 1.82. The van der Waals surface area contributed by atoms with E-state index in [0.717, 1.165) is 5.56 Å². The van der Waals surface area contributed by atoms with E-state index in [4.69, 9.17) is 0 Å². The first-order valence-electron chi connectivity index (χ1n) is 6.35. The van der Waals surface area contributed by atoms with Gasteiger partial charge in [0, 0.05) is 19.1 Å². The minimum Gasteiger partial charge on any atom is -0.342 e. The van der Waals surface area contributed by atoms with E-state index in [2.05, 4.69) is 5.32 Å². The van der Waals surface area contributed by atoms with Crippen LogP contribution >= 0.6 is 0 Å². The summed E-state index contributed by atoms with van der Waals surface area (Å²) in [7, 11) is 0. The van der Waals surface area contributed by atoms with Crippen molar-refractivity contribution in [1.29, 1.82) is 0 Å². The van der Waals surface area contributed by atoms with Crippen LogP contribution in [-0.2, 0) is 4.79 Å². The number of carbonyl (C=O) groups is 1. The number of carbonyl (C=O) groups excluding carboxylic acids is 1. The number of nitrogens with zero attached hydrogens (tertiary/aromatic N) is 1. The number of nitrogens with one attached hydrogen (secondary N) is 1. The third kappa shape index (κ3) is 4.11. The van der Waals surface area contributed by atoms with E-state index < -0.39 is 0 Å². The van der Waals surface area contributed by atoms with Gasteiger partial charge < -0.3 is 10.2 Å². The lowest BCUT2D eigenvalue weighted by Gasteiger charge is -2.21. The fraction of sp³-hybridized carbons (Fsp3) is 0.500. The molecule has 0 spiro atoms. The molecule has 100 valence electrons. The maximum atomic E-state index is 13.1. The van der Waals surface area contributed by atoms with Crippen molar-refractivity contribution < 1.29 is 9.18 Å². The highest BCUT2D eigenvalue weighted by atomic mass is 19.1. The second-order valence-corrected chi connectivity index (χ2v) is 4.22. The first-order chi connectivity index (χ1) is 8.58. The van der Waals surface area contributed by atoms with Crippen LogP contribution in [0, 0.1) is 5.82 Å². The van der Waals surface area contributed by atoms with Crippen LogP contribution < -0.4 is 5.32 Å². The summed E-state index contributed by atoms with van der Waals surface area (Å²) >= 11 is 0. The largest absolute Gasteiger partial charge is 0.342 e. The van der Waals surface area contributed by atoms with Gasteiger partial charge >= 0.3 is 0 Å². The van der Waals surface area contributed by atoms with E-state index >= 15 is 0 Å². The topological polar surface area (TPSA) is 32.3 Å². The second-order valence-electron chi connectivity index (χ2n) is 4.22. The predicted octanol–water partition coefficient (Wildman–Crippen LogP) is 2.34. The molecule has 0 aliphatic rings. The van der Waals surface area contributed by atoms with Crippen LogP contribution in [0.25, 0.3) is 0 Å². The molecule has 1 rings (SSSR count). The Morgan fingerprint density at radius 3 is 2.61 bits per heavy atom. The Morgan fingerprint density at radius 1 is 1.39 bits per heavy atom. The quantitative estimate of drug-likeness (QED) is 0.843. The number of likely N-dealkylation sites (N-methyl/N-ethyl adjacent to an activating group) is 1. The Labute approximate surface area is 108 Å². The minimum atomic E-state index is -0.254. The van der Waals surface area contributed by atoms with Gasteiger partial charge in [-0.1, -0.05) is 12.1 Å². The van der Waals surface area contributed by atoms with Gasteiger partial charge in [-0.3, -0.25) is 4.79 Å². The number of hydrogen-bond donors (Lipinski definition) is 1. The van der Waals surface area contributed by atoms with Gasteiger partial charge in [0.1, 0.15) is 5.82 Å². The zero-order chi connectivity index (χ0) is 13.5. The molecule has 0 fully saturated rings. The molecule has 3 nitrogen and oxygen atoms in total. The van der Waals surface area contributed by atoms with Crippen molar-refractivity contribution in [3.63, 3.8) is 0 Å². The number of hydrogen-bond acceptors (Lipinski definition) is 2. The van der Waals surface area contributed by atoms with Crippen LogP contribution in [0.15, 0.2) is 24.3 Å². The molecule has 0 aliphatic heterocycles. The highest BCUT2D eigenvalue weighted by Gasteiger charge is 2.12. The Bertz CT molecular complexity index is 391. The van der Waals surface area contributed by atoms with Gasteiger partial charge in [0.25, 0.3) is 0 Å². The van der Waals surface area contributed by atoms with Gasteiger partial charge in [-0.15, -0.1) is 0 Å². The summed E-state index contributed by atoms with van der Waals surface area (Å²) in [4.78, 5) is 13.6. The third-order valence-electron chi connectivity index (χ3n) is 3.02. The molecular weight excluding hydrogens is 231 g/mol. The van der Waals surface area contributed by atoms with Crippen molar-refractivity contribution in [2.24, 2.45) is 0 Å².